The van der Waals surface area contributed by atoms with Crippen molar-refractivity contribution in [3.8, 4) is 0 Å². The lowest BCUT2D eigenvalue weighted by Crippen LogP contribution is -2.16. The van der Waals surface area contributed by atoms with Crippen LogP contribution in [0.25, 0.3) is 10.9 Å². The van der Waals surface area contributed by atoms with Gasteiger partial charge in [0.25, 0.3) is 0 Å². The van der Waals surface area contributed by atoms with E-state index < -0.39 is 11.9 Å². The smallest absolute Gasteiger partial charge is 0.352 e. The molecule has 1 heterocycles. The van der Waals surface area contributed by atoms with Crippen LogP contribution in [0, 0.1) is 0 Å². The third kappa shape index (κ3) is 2.46. The van der Waals surface area contributed by atoms with Gasteiger partial charge >= 0.3 is 11.9 Å². The molecule has 0 unspecified atom stereocenters. The Hall–Kier alpha value is -2.01. The standard InChI is InChI=1S/C12H11NO4.ClH/c1-17-11(14)7-13-9-5-3-2-4-8(9)6-10(13)12(15)16;/h2-6H,7H2,1H3,(H,15,16);1H. The lowest BCUT2D eigenvalue weighted by Gasteiger charge is -2.06. The summed E-state index contributed by atoms with van der Waals surface area (Å²) in [6.07, 6.45) is 0. The summed E-state index contributed by atoms with van der Waals surface area (Å²) in [4.78, 5) is 22.3. The minimum Gasteiger partial charge on any atom is -0.477 e. The molecule has 2 rings (SSSR count). The minimum absolute atomic E-state index is 0. The Morgan fingerprint density at radius 1 is 1.33 bits per heavy atom. The number of hydrogen-bond donors (Lipinski definition) is 1. The maximum absolute atomic E-state index is 11.3. The van der Waals surface area contributed by atoms with E-state index in [4.69, 9.17) is 5.11 Å². The maximum atomic E-state index is 11.3. The molecular weight excluding hydrogens is 258 g/mol. The van der Waals surface area contributed by atoms with Crippen LogP contribution >= 0.6 is 12.4 Å². The summed E-state index contributed by atoms with van der Waals surface area (Å²) in [6.45, 7) is -0.106. The Morgan fingerprint density at radius 2 is 2.00 bits per heavy atom. The number of carbonyl (C=O) groups is 2. The molecule has 1 aromatic carbocycles. The molecule has 0 aliphatic heterocycles. The summed E-state index contributed by atoms with van der Waals surface area (Å²) < 4.78 is 5.99. The van der Waals surface area contributed by atoms with Crippen LogP contribution in [0.5, 0.6) is 0 Å². The first-order valence-corrected chi connectivity index (χ1v) is 5.02. The number of hydrogen-bond acceptors (Lipinski definition) is 3. The van der Waals surface area contributed by atoms with Crippen LogP contribution in [0.2, 0.25) is 0 Å². The van der Waals surface area contributed by atoms with Crippen molar-refractivity contribution in [1.29, 1.82) is 0 Å². The third-order valence-corrected chi connectivity index (χ3v) is 2.54. The van der Waals surface area contributed by atoms with Crippen LogP contribution in [0.4, 0.5) is 0 Å². The number of aromatic nitrogens is 1. The molecule has 0 aliphatic carbocycles. The summed E-state index contributed by atoms with van der Waals surface area (Å²) in [5.74, 6) is -1.54. The summed E-state index contributed by atoms with van der Waals surface area (Å²) in [6, 6.07) is 8.72. The predicted octanol–water partition coefficient (Wildman–Crippen LogP) is 1.93. The molecule has 0 saturated heterocycles. The molecule has 0 atom stereocenters. The third-order valence-electron chi connectivity index (χ3n) is 2.54. The van der Waals surface area contributed by atoms with Crippen LogP contribution < -0.4 is 0 Å². The van der Waals surface area contributed by atoms with Gasteiger partial charge in [-0.05, 0) is 12.1 Å². The quantitative estimate of drug-likeness (QED) is 0.865. The summed E-state index contributed by atoms with van der Waals surface area (Å²) in [7, 11) is 1.27. The Labute approximate surface area is 109 Å². The van der Waals surface area contributed by atoms with Crippen molar-refractivity contribution >= 4 is 35.2 Å². The van der Waals surface area contributed by atoms with E-state index in [0.717, 1.165) is 5.39 Å². The van der Waals surface area contributed by atoms with Crippen molar-refractivity contribution in [3.05, 3.63) is 36.0 Å². The zero-order chi connectivity index (χ0) is 12.4. The van der Waals surface area contributed by atoms with E-state index in [2.05, 4.69) is 4.74 Å². The first-order valence-electron chi connectivity index (χ1n) is 5.02. The van der Waals surface area contributed by atoms with Crippen LogP contribution in [0.1, 0.15) is 10.5 Å². The average Bonchev–Trinajstić information content (AvgIpc) is 2.68. The van der Waals surface area contributed by atoms with E-state index in [1.165, 1.54) is 11.7 Å². The number of fused-ring (bicyclic) bond motifs is 1. The largest absolute Gasteiger partial charge is 0.477 e. The van der Waals surface area contributed by atoms with Crippen molar-refractivity contribution in [2.45, 2.75) is 6.54 Å². The normalized spacial score (nSPS) is 9.83. The summed E-state index contributed by atoms with van der Waals surface area (Å²) in [5, 5.41) is 9.87. The molecule has 2 aromatic rings. The van der Waals surface area contributed by atoms with Crippen LogP contribution in [0.3, 0.4) is 0 Å². The number of nitrogens with zero attached hydrogens (tertiary/aromatic N) is 1. The molecule has 0 fully saturated rings. The minimum atomic E-state index is -1.06. The van der Waals surface area contributed by atoms with E-state index in [1.54, 1.807) is 24.3 Å². The molecule has 0 bridgehead atoms. The van der Waals surface area contributed by atoms with Gasteiger partial charge in [-0.3, -0.25) is 4.79 Å². The van der Waals surface area contributed by atoms with Crippen molar-refractivity contribution < 1.29 is 19.4 Å². The number of halogens is 1. The zero-order valence-electron chi connectivity index (χ0n) is 9.62. The molecule has 5 nitrogen and oxygen atoms in total. The number of ether oxygens (including phenoxy) is 1. The molecule has 0 radical (unpaired) electrons. The highest BCUT2D eigenvalue weighted by Gasteiger charge is 2.16. The van der Waals surface area contributed by atoms with Gasteiger partial charge in [-0.2, -0.15) is 0 Å². The molecule has 0 spiro atoms. The SMILES string of the molecule is COC(=O)Cn1c(C(=O)O)cc2ccccc21.Cl. The highest BCUT2D eigenvalue weighted by Crippen LogP contribution is 2.19. The molecule has 1 aromatic heterocycles. The number of carbonyl (C=O) groups excluding carboxylic acids is 1. The van der Waals surface area contributed by atoms with Crippen molar-refractivity contribution in [3.63, 3.8) is 0 Å². The Bertz CT molecular complexity index is 591. The van der Waals surface area contributed by atoms with Gasteiger partial charge in [-0.1, -0.05) is 18.2 Å². The van der Waals surface area contributed by atoms with Crippen LogP contribution in [-0.2, 0) is 16.1 Å². The van der Waals surface area contributed by atoms with Crippen LogP contribution in [0.15, 0.2) is 30.3 Å². The van der Waals surface area contributed by atoms with Gasteiger partial charge in [0.05, 0.1) is 7.11 Å². The second kappa shape index (κ2) is 5.55. The lowest BCUT2D eigenvalue weighted by atomic mass is 10.2. The first kappa shape index (κ1) is 14.1. The number of carboxylic acid groups (broad SMARTS) is 1. The fourth-order valence-electron chi connectivity index (χ4n) is 1.75. The van der Waals surface area contributed by atoms with Crippen molar-refractivity contribution in [2.75, 3.05) is 7.11 Å². The highest BCUT2D eigenvalue weighted by molar-refractivity contribution is 5.95. The number of aromatic carboxylic acids is 1. The van der Waals surface area contributed by atoms with Gasteiger partial charge in [0.2, 0.25) is 0 Å². The van der Waals surface area contributed by atoms with E-state index in [-0.39, 0.29) is 24.6 Å². The van der Waals surface area contributed by atoms with Gasteiger partial charge in [-0.15, -0.1) is 12.4 Å². The van der Waals surface area contributed by atoms with Gasteiger partial charge < -0.3 is 14.4 Å². The Balaban J connectivity index is 0.00000162. The topological polar surface area (TPSA) is 68.5 Å². The number of methoxy groups -OCH3 is 1. The molecule has 0 aliphatic rings. The molecule has 1 N–H and O–H groups in total. The van der Waals surface area contributed by atoms with Gasteiger partial charge in [0, 0.05) is 10.9 Å². The highest BCUT2D eigenvalue weighted by atomic mass is 35.5. The number of para-hydroxylation sites is 1. The monoisotopic (exact) mass is 269 g/mol. The van der Waals surface area contributed by atoms with E-state index in [9.17, 15) is 9.59 Å². The molecule has 6 heteroatoms. The number of esters is 1. The number of rotatable bonds is 3. The fourth-order valence-corrected chi connectivity index (χ4v) is 1.75. The second-order valence-electron chi connectivity index (χ2n) is 3.56. The van der Waals surface area contributed by atoms with E-state index >= 15 is 0 Å². The average molecular weight is 270 g/mol. The number of carboxylic acids is 1. The molecule has 0 amide bonds. The second-order valence-corrected chi connectivity index (χ2v) is 3.56. The lowest BCUT2D eigenvalue weighted by molar-refractivity contribution is -0.141. The van der Waals surface area contributed by atoms with E-state index in [0.29, 0.717) is 5.52 Å². The van der Waals surface area contributed by atoms with E-state index in [1.807, 2.05) is 6.07 Å². The Morgan fingerprint density at radius 3 is 2.61 bits per heavy atom. The fraction of sp³-hybridized carbons (Fsp3) is 0.167. The summed E-state index contributed by atoms with van der Waals surface area (Å²) in [5.41, 5.74) is 0.784. The molecule has 96 valence electrons. The van der Waals surface area contributed by atoms with Crippen molar-refractivity contribution in [2.24, 2.45) is 0 Å². The molecular formula is C12H12ClNO4. The van der Waals surface area contributed by atoms with Gasteiger partial charge in [-0.25, -0.2) is 4.79 Å². The van der Waals surface area contributed by atoms with Gasteiger partial charge in [0.15, 0.2) is 0 Å². The first-order chi connectivity index (χ1) is 8.13. The molecule has 0 saturated carbocycles. The summed E-state index contributed by atoms with van der Waals surface area (Å²) >= 11 is 0. The van der Waals surface area contributed by atoms with Gasteiger partial charge in [0.1, 0.15) is 12.2 Å². The molecule has 18 heavy (non-hydrogen) atoms. The predicted molar refractivity (Wildman–Crippen MR) is 68.2 cm³/mol. The van der Waals surface area contributed by atoms with Crippen LogP contribution in [-0.4, -0.2) is 28.7 Å². The zero-order valence-corrected chi connectivity index (χ0v) is 10.4. The number of benzene rings is 1. The van der Waals surface area contributed by atoms with Crippen molar-refractivity contribution in [1.82, 2.24) is 4.57 Å². The maximum Gasteiger partial charge on any atom is 0.352 e. The Kier molecular flexibility index (Phi) is 4.33.